The molecule has 0 amide bonds. The van der Waals surface area contributed by atoms with Crippen molar-refractivity contribution in [1.29, 1.82) is 0 Å². The maximum Gasteiger partial charge on any atom is 0.325 e. The summed E-state index contributed by atoms with van der Waals surface area (Å²) in [7, 11) is 1.34. The van der Waals surface area contributed by atoms with Crippen molar-refractivity contribution in [3.63, 3.8) is 0 Å². The van der Waals surface area contributed by atoms with Gasteiger partial charge in [0.2, 0.25) is 0 Å². The molecule has 0 aromatic heterocycles. The number of halogens is 1. The van der Waals surface area contributed by atoms with Gasteiger partial charge in [0.15, 0.2) is 0 Å². The minimum absolute atomic E-state index is 0.374. The van der Waals surface area contributed by atoms with Gasteiger partial charge >= 0.3 is 5.97 Å². The number of nitrogens with one attached hydrogen (secondary N) is 1. The van der Waals surface area contributed by atoms with Gasteiger partial charge in [-0.15, -0.1) is 11.6 Å². The first kappa shape index (κ1) is 11.7. The van der Waals surface area contributed by atoms with Gasteiger partial charge in [0.05, 0.1) is 7.11 Å². The largest absolute Gasteiger partial charge is 0.468 e. The fourth-order valence-corrected chi connectivity index (χ4v) is 0.940. The summed E-state index contributed by atoms with van der Waals surface area (Å²) < 4.78 is 4.46. The van der Waals surface area contributed by atoms with Crippen LogP contribution in [0.3, 0.4) is 0 Å². The number of rotatable bonds is 6. The van der Waals surface area contributed by atoms with Crippen LogP contribution < -0.4 is 5.32 Å². The van der Waals surface area contributed by atoms with Crippen LogP contribution >= 0.6 is 11.6 Å². The van der Waals surface area contributed by atoms with Gasteiger partial charge in [-0.2, -0.15) is 0 Å². The molecule has 0 aromatic rings. The van der Waals surface area contributed by atoms with Crippen LogP contribution in [0.15, 0.2) is 0 Å². The molecule has 0 aromatic carbocycles. The average Bonchev–Trinajstić information content (AvgIpc) is 2.10. The molecule has 1 atom stereocenters. The highest BCUT2D eigenvalue weighted by Crippen LogP contribution is 1.96. The molecule has 0 rings (SSSR count). The molecule has 0 saturated carbocycles. The van der Waals surface area contributed by atoms with Gasteiger partial charge in [-0.25, -0.2) is 0 Å². The molecule has 1 N–H and O–H groups in total. The zero-order chi connectivity index (χ0) is 9.40. The molecule has 12 heavy (non-hydrogen) atoms. The molecule has 0 heterocycles. The Morgan fingerprint density at radius 1 is 1.67 bits per heavy atom. The van der Waals surface area contributed by atoms with Crippen molar-refractivity contribution in [2.24, 2.45) is 0 Å². The Morgan fingerprint density at radius 2 is 2.33 bits per heavy atom. The van der Waals surface area contributed by atoms with Crippen molar-refractivity contribution < 1.29 is 9.53 Å². The third-order valence-electron chi connectivity index (χ3n) is 1.49. The maximum absolute atomic E-state index is 10.8. The van der Waals surface area contributed by atoms with Crippen molar-refractivity contribution >= 4 is 17.6 Å². The Balaban J connectivity index is 3.31. The Kier molecular flexibility index (Phi) is 7.20. The molecular formula is C8H16ClNO2. The topological polar surface area (TPSA) is 38.3 Å². The summed E-state index contributed by atoms with van der Waals surface area (Å²) in [6, 6.07) is 0. The zero-order valence-corrected chi connectivity index (χ0v) is 8.36. The molecule has 0 spiro atoms. The Labute approximate surface area is 78.4 Å². The van der Waals surface area contributed by atoms with Crippen LogP contribution in [0.25, 0.3) is 0 Å². The van der Waals surface area contributed by atoms with Gasteiger partial charge in [-0.05, 0) is 13.0 Å². The second-order valence-electron chi connectivity index (χ2n) is 2.55. The van der Waals surface area contributed by atoms with Gasteiger partial charge in [0.1, 0.15) is 5.38 Å². The van der Waals surface area contributed by atoms with Crippen molar-refractivity contribution in [1.82, 2.24) is 5.32 Å². The molecule has 0 radical (unpaired) electrons. The first-order valence-corrected chi connectivity index (χ1v) is 4.58. The van der Waals surface area contributed by atoms with E-state index in [1.54, 1.807) is 0 Å². The summed E-state index contributed by atoms with van der Waals surface area (Å²) in [5.41, 5.74) is 0. The Morgan fingerprint density at radius 3 is 2.83 bits per heavy atom. The van der Waals surface area contributed by atoms with Crippen molar-refractivity contribution in [2.45, 2.75) is 25.1 Å². The summed E-state index contributed by atoms with van der Waals surface area (Å²) in [6.07, 6.45) is 2.24. The Bertz CT molecular complexity index is 130. The summed E-state index contributed by atoms with van der Waals surface area (Å²) in [4.78, 5) is 10.8. The number of ether oxygens (including phenoxy) is 1. The molecule has 0 aliphatic carbocycles. The van der Waals surface area contributed by atoms with Crippen LogP contribution in [-0.2, 0) is 9.53 Å². The minimum atomic E-state index is -0.563. The maximum atomic E-state index is 10.8. The van der Waals surface area contributed by atoms with E-state index in [1.807, 2.05) is 0 Å². The van der Waals surface area contributed by atoms with E-state index < -0.39 is 5.38 Å². The lowest BCUT2D eigenvalue weighted by molar-refractivity contribution is -0.140. The minimum Gasteiger partial charge on any atom is -0.468 e. The second kappa shape index (κ2) is 7.37. The lowest BCUT2D eigenvalue weighted by Crippen LogP contribution is -2.30. The van der Waals surface area contributed by atoms with Crippen LogP contribution in [0.2, 0.25) is 0 Å². The summed E-state index contributed by atoms with van der Waals surface area (Å²) in [6.45, 7) is 3.49. The van der Waals surface area contributed by atoms with Crippen LogP contribution in [-0.4, -0.2) is 31.5 Å². The summed E-state index contributed by atoms with van der Waals surface area (Å²) in [5, 5.41) is 2.51. The number of carbonyl (C=O) groups is 1. The monoisotopic (exact) mass is 193 g/mol. The van der Waals surface area contributed by atoms with Gasteiger partial charge in [-0.1, -0.05) is 13.3 Å². The molecule has 0 saturated heterocycles. The molecule has 3 nitrogen and oxygen atoms in total. The molecule has 4 heteroatoms. The fourth-order valence-electron chi connectivity index (χ4n) is 0.742. The molecule has 0 bridgehead atoms. The van der Waals surface area contributed by atoms with Crippen molar-refractivity contribution in [3.8, 4) is 0 Å². The molecule has 1 unspecified atom stereocenters. The number of alkyl halides is 1. The lowest BCUT2D eigenvalue weighted by atomic mass is 10.3. The average molecular weight is 194 g/mol. The van der Waals surface area contributed by atoms with E-state index in [0.29, 0.717) is 6.54 Å². The number of hydrogen-bond acceptors (Lipinski definition) is 3. The predicted octanol–water partition coefficient (Wildman–Crippen LogP) is 1.16. The smallest absolute Gasteiger partial charge is 0.325 e. The van der Waals surface area contributed by atoms with E-state index in [2.05, 4.69) is 17.0 Å². The van der Waals surface area contributed by atoms with Crippen LogP contribution in [0.1, 0.15) is 19.8 Å². The highest BCUT2D eigenvalue weighted by molar-refractivity contribution is 6.30. The van der Waals surface area contributed by atoms with Gasteiger partial charge in [-0.3, -0.25) is 4.79 Å². The van der Waals surface area contributed by atoms with Gasteiger partial charge in [0, 0.05) is 6.54 Å². The van der Waals surface area contributed by atoms with Crippen molar-refractivity contribution in [3.05, 3.63) is 0 Å². The molecule has 0 fully saturated rings. The quantitative estimate of drug-likeness (QED) is 0.391. The van der Waals surface area contributed by atoms with Crippen molar-refractivity contribution in [2.75, 3.05) is 20.2 Å². The molecule has 0 aliphatic rings. The third kappa shape index (κ3) is 5.38. The molecular weight excluding hydrogens is 178 g/mol. The number of esters is 1. The van der Waals surface area contributed by atoms with E-state index in [1.165, 1.54) is 7.11 Å². The van der Waals surface area contributed by atoms with Crippen LogP contribution in [0.5, 0.6) is 0 Å². The first-order chi connectivity index (χ1) is 5.72. The second-order valence-corrected chi connectivity index (χ2v) is 3.08. The number of unbranched alkanes of at least 4 members (excludes halogenated alkanes) is 1. The lowest BCUT2D eigenvalue weighted by Gasteiger charge is -2.07. The van der Waals surface area contributed by atoms with E-state index in [0.717, 1.165) is 19.4 Å². The zero-order valence-electron chi connectivity index (χ0n) is 7.60. The number of carbonyl (C=O) groups excluding carboxylic acids is 1. The van der Waals surface area contributed by atoms with Gasteiger partial charge < -0.3 is 10.1 Å². The van der Waals surface area contributed by atoms with Crippen LogP contribution in [0.4, 0.5) is 0 Å². The standard InChI is InChI=1S/C8H16ClNO2/c1-3-4-5-10-6-7(9)8(11)12-2/h7,10H,3-6H2,1-2H3. The highest BCUT2D eigenvalue weighted by Gasteiger charge is 2.13. The Hall–Kier alpha value is -0.280. The number of methoxy groups -OCH3 is 1. The van der Waals surface area contributed by atoms with E-state index in [-0.39, 0.29) is 5.97 Å². The van der Waals surface area contributed by atoms with Gasteiger partial charge in [0.25, 0.3) is 0 Å². The normalized spacial score (nSPS) is 12.6. The SMILES string of the molecule is CCCCNCC(Cl)C(=O)OC. The summed E-state index contributed by atoms with van der Waals surface area (Å²) >= 11 is 5.67. The predicted molar refractivity (Wildman–Crippen MR) is 49.4 cm³/mol. The fraction of sp³-hybridized carbons (Fsp3) is 0.875. The van der Waals surface area contributed by atoms with E-state index in [4.69, 9.17) is 11.6 Å². The number of hydrogen-bond donors (Lipinski definition) is 1. The molecule has 0 aliphatic heterocycles. The highest BCUT2D eigenvalue weighted by atomic mass is 35.5. The van der Waals surface area contributed by atoms with Crippen LogP contribution in [0, 0.1) is 0 Å². The van der Waals surface area contributed by atoms with E-state index >= 15 is 0 Å². The third-order valence-corrected chi connectivity index (χ3v) is 1.82. The first-order valence-electron chi connectivity index (χ1n) is 4.15. The molecule has 72 valence electrons. The summed E-state index contributed by atoms with van der Waals surface area (Å²) in [5.74, 6) is -0.374. The van der Waals surface area contributed by atoms with E-state index in [9.17, 15) is 4.79 Å².